The van der Waals surface area contributed by atoms with Crippen LogP contribution in [0.5, 0.6) is 0 Å². The molecule has 7 nitrogen and oxygen atoms in total. The number of urea groups is 1. The zero-order chi connectivity index (χ0) is 18.6. The minimum atomic E-state index is -0.230. The van der Waals surface area contributed by atoms with Crippen LogP contribution >= 0.6 is 0 Å². The molecule has 7 heteroatoms. The van der Waals surface area contributed by atoms with Gasteiger partial charge in [0.25, 0.3) is 0 Å². The maximum absolute atomic E-state index is 12.5. The summed E-state index contributed by atoms with van der Waals surface area (Å²) in [6.45, 7) is 6.97. The molecule has 0 aliphatic rings. The number of carbonyl (C=O) groups excluding carboxylic acids is 1. The van der Waals surface area contributed by atoms with Gasteiger partial charge in [0.2, 0.25) is 0 Å². The number of nitrogens with zero attached hydrogens (tertiary/aromatic N) is 3. The van der Waals surface area contributed by atoms with Crippen LogP contribution < -0.4 is 10.6 Å². The third-order valence-corrected chi connectivity index (χ3v) is 4.24. The number of imidazole rings is 1. The summed E-state index contributed by atoms with van der Waals surface area (Å²) in [5, 5.41) is 12.9. The average Bonchev–Trinajstić information content (AvgIpc) is 3.27. The normalized spacial score (nSPS) is 12.6. The molecule has 2 amide bonds. The SMILES string of the molecule is CC(C)(C)[C@@H](Cn1ccnc1)NC(=O)Nc1cccc(-c2ccn[nH]2)c1. The van der Waals surface area contributed by atoms with Crippen molar-refractivity contribution in [3.63, 3.8) is 0 Å². The van der Waals surface area contributed by atoms with Crippen LogP contribution in [0.2, 0.25) is 0 Å². The third kappa shape index (κ3) is 4.50. The van der Waals surface area contributed by atoms with Gasteiger partial charge in [-0.3, -0.25) is 5.10 Å². The van der Waals surface area contributed by atoms with Gasteiger partial charge in [-0.25, -0.2) is 9.78 Å². The first-order valence-electron chi connectivity index (χ1n) is 8.55. The second-order valence-corrected chi connectivity index (χ2v) is 7.33. The van der Waals surface area contributed by atoms with Gasteiger partial charge >= 0.3 is 6.03 Å². The van der Waals surface area contributed by atoms with Crippen LogP contribution in [-0.4, -0.2) is 31.8 Å². The van der Waals surface area contributed by atoms with Crippen molar-refractivity contribution in [3.8, 4) is 11.3 Å². The number of carbonyl (C=O) groups is 1. The fourth-order valence-electron chi connectivity index (χ4n) is 2.65. The highest BCUT2D eigenvalue weighted by molar-refractivity contribution is 5.90. The molecule has 1 atom stereocenters. The second kappa shape index (κ2) is 7.43. The molecule has 0 radical (unpaired) electrons. The van der Waals surface area contributed by atoms with Crippen molar-refractivity contribution in [3.05, 3.63) is 55.2 Å². The average molecular weight is 352 g/mol. The van der Waals surface area contributed by atoms with Crippen LogP contribution in [0.4, 0.5) is 10.5 Å². The van der Waals surface area contributed by atoms with E-state index >= 15 is 0 Å². The number of amides is 2. The van der Waals surface area contributed by atoms with E-state index in [1.807, 2.05) is 41.1 Å². The summed E-state index contributed by atoms with van der Waals surface area (Å²) in [4.78, 5) is 16.6. The van der Waals surface area contributed by atoms with Crippen molar-refractivity contribution in [2.24, 2.45) is 5.41 Å². The Morgan fingerprint density at radius 3 is 2.77 bits per heavy atom. The molecule has 0 bridgehead atoms. The number of nitrogens with one attached hydrogen (secondary N) is 3. The molecule has 3 N–H and O–H groups in total. The molecule has 0 aliphatic heterocycles. The first-order chi connectivity index (χ1) is 12.4. The number of hydrogen-bond acceptors (Lipinski definition) is 3. The van der Waals surface area contributed by atoms with Crippen molar-refractivity contribution in [2.75, 3.05) is 5.32 Å². The van der Waals surface area contributed by atoms with E-state index in [2.05, 4.69) is 46.6 Å². The Kier molecular flexibility index (Phi) is 5.06. The van der Waals surface area contributed by atoms with Gasteiger partial charge in [-0.1, -0.05) is 32.9 Å². The van der Waals surface area contributed by atoms with Crippen molar-refractivity contribution in [2.45, 2.75) is 33.4 Å². The predicted octanol–water partition coefficient (Wildman–Crippen LogP) is 3.51. The number of anilines is 1. The number of H-pyrrole nitrogens is 1. The van der Waals surface area contributed by atoms with Gasteiger partial charge < -0.3 is 15.2 Å². The molecule has 1 aromatic carbocycles. The van der Waals surface area contributed by atoms with E-state index in [9.17, 15) is 4.79 Å². The van der Waals surface area contributed by atoms with Crippen LogP contribution in [0.25, 0.3) is 11.3 Å². The summed E-state index contributed by atoms with van der Waals surface area (Å²) in [6.07, 6.45) is 7.09. The summed E-state index contributed by atoms with van der Waals surface area (Å²) in [7, 11) is 0. The minimum Gasteiger partial charge on any atom is -0.335 e. The lowest BCUT2D eigenvalue weighted by Crippen LogP contribution is -2.47. The maximum atomic E-state index is 12.5. The smallest absolute Gasteiger partial charge is 0.319 e. The van der Waals surface area contributed by atoms with E-state index in [1.165, 1.54) is 0 Å². The van der Waals surface area contributed by atoms with E-state index in [0.717, 1.165) is 16.9 Å². The lowest BCUT2D eigenvalue weighted by atomic mass is 9.86. The van der Waals surface area contributed by atoms with Gasteiger partial charge in [-0.15, -0.1) is 0 Å². The minimum absolute atomic E-state index is 0.0486. The van der Waals surface area contributed by atoms with Crippen LogP contribution in [0.1, 0.15) is 20.8 Å². The number of hydrogen-bond donors (Lipinski definition) is 3. The highest BCUT2D eigenvalue weighted by Gasteiger charge is 2.26. The van der Waals surface area contributed by atoms with Gasteiger partial charge in [0, 0.05) is 36.4 Å². The molecule has 3 rings (SSSR count). The fraction of sp³-hybridized carbons (Fsp3) is 0.316. The van der Waals surface area contributed by atoms with Crippen LogP contribution in [-0.2, 0) is 6.54 Å². The standard InChI is InChI=1S/C19H24N6O/c1-19(2,3)17(12-25-10-9-20-13-25)23-18(26)22-15-6-4-5-14(11-15)16-7-8-21-24-16/h4-11,13,17H,12H2,1-3H3,(H,21,24)(H2,22,23,26)/t17-/m1/s1. The second-order valence-electron chi connectivity index (χ2n) is 7.33. The molecular weight excluding hydrogens is 328 g/mol. The predicted molar refractivity (Wildman–Crippen MR) is 102 cm³/mol. The van der Waals surface area contributed by atoms with Crippen molar-refractivity contribution in [1.29, 1.82) is 0 Å². The summed E-state index contributed by atoms with van der Waals surface area (Å²) >= 11 is 0. The Labute approximate surface area is 152 Å². The van der Waals surface area contributed by atoms with Crippen molar-refractivity contribution < 1.29 is 4.79 Å². The summed E-state index contributed by atoms with van der Waals surface area (Å²) < 4.78 is 1.97. The molecule has 0 fully saturated rings. The third-order valence-electron chi connectivity index (χ3n) is 4.24. The van der Waals surface area contributed by atoms with Gasteiger partial charge in [0.15, 0.2) is 0 Å². The van der Waals surface area contributed by atoms with Crippen LogP contribution in [0, 0.1) is 5.41 Å². The Morgan fingerprint density at radius 1 is 1.27 bits per heavy atom. The molecule has 26 heavy (non-hydrogen) atoms. The Bertz CT molecular complexity index is 833. The first kappa shape index (κ1) is 17.7. The quantitative estimate of drug-likeness (QED) is 0.656. The molecule has 0 unspecified atom stereocenters. The van der Waals surface area contributed by atoms with Gasteiger partial charge in [0.1, 0.15) is 0 Å². The highest BCUT2D eigenvalue weighted by atomic mass is 16.2. The Balaban J connectivity index is 1.67. The van der Waals surface area contributed by atoms with E-state index in [-0.39, 0.29) is 17.5 Å². The Hall–Kier alpha value is -3.09. The largest absolute Gasteiger partial charge is 0.335 e. The van der Waals surface area contributed by atoms with Gasteiger partial charge in [-0.2, -0.15) is 5.10 Å². The molecule has 0 saturated heterocycles. The lowest BCUT2D eigenvalue weighted by molar-refractivity contribution is 0.219. The number of benzene rings is 1. The van der Waals surface area contributed by atoms with E-state index in [0.29, 0.717) is 6.54 Å². The van der Waals surface area contributed by atoms with E-state index < -0.39 is 0 Å². The molecule has 3 aromatic rings. The fourth-order valence-corrected chi connectivity index (χ4v) is 2.65. The molecular formula is C19H24N6O. The molecule has 0 saturated carbocycles. The van der Waals surface area contributed by atoms with Crippen molar-refractivity contribution in [1.82, 2.24) is 25.1 Å². The topological polar surface area (TPSA) is 87.6 Å². The van der Waals surface area contributed by atoms with Gasteiger partial charge in [0.05, 0.1) is 18.1 Å². The van der Waals surface area contributed by atoms with E-state index in [1.54, 1.807) is 18.7 Å². The molecule has 2 heterocycles. The van der Waals surface area contributed by atoms with Crippen molar-refractivity contribution >= 4 is 11.7 Å². The van der Waals surface area contributed by atoms with Gasteiger partial charge in [-0.05, 0) is 23.6 Å². The molecule has 0 spiro atoms. The summed E-state index contributed by atoms with van der Waals surface area (Å²) in [6, 6.07) is 9.25. The number of aromatic nitrogens is 4. The summed E-state index contributed by atoms with van der Waals surface area (Å²) in [5.41, 5.74) is 2.50. The highest BCUT2D eigenvalue weighted by Crippen LogP contribution is 2.22. The summed E-state index contributed by atoms with van der Waals surface area (Å²) in [5.74, 6) is 0. The molecule has 136 valence electrons. The first-order valence-corrected chi connectivity index (χ1v) is 8.55. The zero-order valence-electron chi connectivity index (χ0n) is 15.2. The van der Waals surface area contributed by atoms with Crippen LogP contribution in [0.15, 0.2) is 55.2 Å². The molecule has 0 aliphatic carbocycles. The lowest BCUT2D eigenvalue weighted by Gasteiger charge is -2.31. The number of rotatable bonds is 5. The zero-order valence-corrected chi connectivity index (χ0v) is 15.2. The maximum Gasteiger partial charge on any atom is 0.319 e. The monoisotopic (exact) mass is 352 g/mol. The van der Waals surface area contributed by atoms with E-state index in [4.69, 9.17) is 0 Å². The van der Waals surface area contributed by atoms with Crippen LogP contribution in [0.3, 0.4) is 0 Å². The Morgan fingerprint density at radius 2 is 2.12 bits per heavy atom. The number of aromatic amines is 1. The molecule has 2 aromatic heterocycles.